The van der Waals surface area contributed by atoms with Crippen LogP contribution in [0.4, 0.5) is 0 Å². The average Bonchev–Trinajstić information content (AvgIpc) is 2.85. The molecular formula is C15H19N. The lowest BCUT2D eigenvalue weighted by molar-refractivity contribution is 0.517. The molecule has 0 aliphatic carbocycles. The van der Waals surface area contributed by atoms with Crippen molar-refractivity contribution >= 4 is 0 Å². The van der Waals surface area contributed by atoms with Gasteiger partial charge in [-0.15, -0.1) is 0 Å². The van der Waals surface area contributed by atoms with Crippen LogP contribution >= 0.6 is 0 Å². The molecule has 2 rings (SSSR count). The topological polar surface area (TPSA) is 4.93 Å². The molecule has 0 bridgehead atoms. The Hall–Kier alpha value is -1.50. The van der Waals surface area contributed by atoms with Crippen LogP contribution < -0.4 is 0 Å². The highest BCUT2D eigenvalue weighted by molar-refractivity contribution is 5.20. The third-order valence-electron chi connectivity index (χ3n) is 3.00. The van der Waals surface area contributed by atoms with Crippen molar-refractivity contribution in [3.63, 3.8) is 0 Å². The Morgan fingerprint density at radius 3 is 2.31 bits per heavy atom. The largest absolute Gasteiger partial charge is 0.347 e. The first-order valence-corrected chi connectivity index (χ1v) is 6.09. The Bertz CT molecular complexity index is 389. The Labute approximate surface area is 97.7 Å². The van der Waals surface area contributed by atoms with E-state index in [9.17, 15) is 0 Å². The van der Waals surface area contributed by atoms with Crippen LogP contribution in [0.2, 0.25) is 0 Å². The molecule has 1 nitrogen and oxygen atoms in total. The van der Waals surface area contributed by atoms with Gasteiger partial charge < -0.3 is 4.57 Å². The molecule has 1 heteroatoms. The summed E-state index contributed by atoms with van der Waals surface area (Å²) in [5, 5.41) is 0. The lowest BCUT2D eigenvalue weighted by Gasteiger charge is -2.19. The lowest BCUT2D eigenvalue weighted by atomic mass is 10.0. The highest BCUT2D eigenvalue weighted by atomic mass is 15.0. The van der Waals surface area contributed by atoms with E-state index in [4.69, 9.17) is 0 Å². The van der Waals surface area contributed by atoms with Gasteiger partial charge in [-0.05, 0) is 24.1 Å². The van der Waals surface area contributed by atoms with Gasteiger partial charge in [-0.3, -0.25) is 0 Å². The number of nitrogens with zero attached hydrogens (tertiary/aromatic N) is 1. The van der Waals surface area contributed by atoms with Gasteiger partial charge in [0.05, 0.1) is 6.04 Å². The molecule has 0 fully saturated rings. The second-order valence-corrected chi connectivity index (χ2v) is 4.20. The molecule has 0 saturated carbocycles. The molecular weight excluding hydrogens is 194 g/mol. The number of unbranched alkanes of at least 4 members (excludes halogenated alkanes) is 1. The molecule has 1 aromatic heterocycles. The minimum atomic E-state index is 0.496. The van der Waals surface area contributed by atoms with Crippen LogP contribution in [0.25, 0.3) is 0 Å². The summed E-state index contributed by atoms with van der Waals surface area (Å²) >= 11 is 0. The highest BCUT2D eigenvalue weighted by Gasteiger charge is 2.11. The Kier molecular flexibility index (Phi) is 3.81. The maximum atomic E-state index is 2.31. The number of aromatic nitrogens is 1. The fourth-order valence-electron chi connectivity index (χ4n) is 2.12. The standard InChI is InChI=1S/C15H19N/c1-2-3-11-15(16-12-7-8-13-16)14-9-5-4-6-10-14/h4-10,12-13,15H,2-3,11H2,1H3. The van der Waals surface area contributed by atoms with Crippen molar-refractivity contribution in [2.24, 2.45) is 0 Å². The van der Waals surface area contributed by atoms with E-state index in [0.717, 1.165) is 0 Å². The second kappa shape index (κ2) is 5.55. The first kappa shape index (κ1) is 11.0. The van der Waals surface area contributed by atoms with E-state index in [1.165, 1.54) is 24.8 Å². The maximum Gasteiger partial charge on any atom is 0.0579 e. The summed E-state index contributed by atoms with van der Waals surface area (Å²) < 4.78 is 2.31. The van der Waals surface area contributed by atoms with Crippen molar-refractivity contribution in [2.45, 2.75) is 32.2 Å². The lowest BCUT2D eigenvalue weighted by Crippen LogP contribution is -2.08. The van der Waals surface area contributed by atoms with Crippen LogP contribution in [-0.4, -0.2) is 4.57 Å². The zero-order valence-corrected chi connectivity index (χ0v) is 9.84. The zero-order valence-electron chi connectivity index (χ0n) is 9.84. The normalized spacial score (nSPS) is 12.6. The molecule has 0 amide bonds. The summed E-state index contributed by atoms with van der Waals surface area (Å²) in [4.78, 5) is 0. The summed E-state index contributed by atoms with van der Waals surface area (Å²) in [6, 6.07) is 15.5. The van der Waals surface area contributed by atoms with Crippen LogP contribution in [-0.2, 0) is 0 Å². The summed E-state index contributed by atoms with van der Waals surface area (Å²) in [6.07, 6.45) is 8.07. The molecule has 0 spiro atoms. The van der Waals surface area contributed by atoms with Gasteiger partial charge in [0, 0.05) is 12.4 Å². The zero-order chi connectivity index (χ0) is 11.2. The predicted octanol–water partition coefficient (Wildman–Crippen LogP) is 4.27. The van der Waals surface area contributed by atoms with E-state index < -0.39 is 0 Å². The van der Waals surface area contributed by atoms with Gasteiger partial charge in [-0.1, -0.05) is 50.1 Å². The Balaban J connectivity index is 2.21. The minimum Gasteiger partial charge on any atom is -0.347 e. The molecule has 1 heterocycles. The minimum absolute atomic E-state index is 0.496. The van der Waals surface area contributed by atoms with Gasteiger partial charge in [0.1, 0.15) is 0 Å². The van der Waals surface area contributed by atoms with Crippen molar-refractivity contribution in [1.82, 2.24) is 4.57 Å². The summed E-state index contributed by atoms with van der Waals surface area (Å²) in [5.74, 6) is 0. The van der Waals surface area contributed by atoms with Gasteiger partial charge in [-0.2, -0.15) is 0 Å². The Morgan fingerprint density at radius 2 is 1.69 bits per heavy atom. The predicted molar refractivity (Wildman–Crippen MR) is 68.5 cm³/mol. The molecule has 0 radical (unpaired) electrons. The van der Waals surface area contributed by atoms with Crippen LogP contribution in [0.15, 0.2) is 54.9 Å². The highest BCUT2D eigenvalue weighted by Crippen LogP contribution is 2.23. The van der Waals surface area contributed by atoms with Gasteiger partial charge in [0.2, 0.25) is 0 Å². The molecule has 1 unspecified atom stereocenters. The van der Waals surface area contributed by atoms with Gasteiger partial charge >= 0.3 is 0 Å². The first-order valence-electron chi connectivity index (χ1n) is 6.09. The Morgan fingerprint density at radius 1 is 1.00 bits per heavy atom. The number of hydrogen-bond donors (Lipinski definition) is 0. The van der Waals surface area contributed by atoms with Crippen LogP contribution in [0.1, 0.15) is 37.8 Å². The summed E-state index contributed by atoms with van der Waals surface area (Å²) in [5.41, 5.74) is 1.41. The van der Waals surface area contributed by atoms with E-state index in [0.29, 0.717) is 6.04 Å². The van der Waals surface area contributed by atoms with Crippen molar-refractivity contribution < 1.29 is 0 Å². The monoisotopic (exact) mass is 213 g/mol. The third-order valence-corrected chi connectivity index (χ3v) is 3.00. The van der Waals surface area contributed by atoms with E-state index in [2.05, 4.69) is 66.3 Å². The smallest absolute Gasteiger partial charge is 0.0579 e. The number of rotatable bonds is 5. The van der Waals surface area contributed by atoms with E-state index in [1.54, 1.807) is 0 Å². The van der Waals surface area contributed by atoms with Crippen molar-refractivity contribution in [2.75, 3.05) is 0 Å². The van der Waals surface area contributed by atoms with Crippen LogP contribution in [0, 0.1) is 0 Å². The molecule has 1 aromatic carbocycles. The van der Waals surface area contributed by atoms with Gasteiger partial charge in [-0.25, -0.2) is 0 Å². The van der Waals surface area contributed by atoms with Crippen molar-refractivity contribution in [1.29, 1.82) is 0 Å². The quantitative estimate of drug-likeness (QED) is 0.699. The van der Waals surface area contributed by atoms with Crippen molar-refractivity contribution in [3.8, 4) is 0 Å². The van der Waals surface area contributed by atoms with Gasteiger partial charge in [0.15, 0.2) is 0 Å². The molecule has 1 atom stereocenters. The third kappa shape index (κ3) is 2.54. The average molecular weight is 213 g/mol. The van der Waals surface area contributed by atoms with E-state index >= 15 is 0 Å². The maximum absolute atomic E-state index is 2.31. The van der Waals surface area contributed by atoms with Crippen LogP contribution in [0.5, 0.6) is 0 Å². The van der Waals surface area contributed by atoms with Gasteiger partial charge in [0.25, 0.3) is 0 Å². The fourth-order valence-corrected chi connectivity index (χ4v) is 2.12. The molecule has 0 aliphatic rings. The molecule has 2 aromatic rings. The van der Waals surface area contributed by atoms with Crippen LogP contribution in [0.3, 0.4) is 0 Å². The molecule has 0 saturated heterocycles. The fraction of sp³-hybridized carbons (Fsp3) is 0.333. The molecule has 0 aliphatic heterocycles. The molecule has 0 N–H and O–H groups in total. The number of benzene rings is 1. The SMILES string of the molecule is CCCCC(c1ccccc1)n1cccc1. The van der Waals surface area contributed by atoms with E-state index in [-0.39, 0.29) is 0 Å². The van der Waals surface area contributed by atoms with E-state index in [1.807, 2.05) is 0 Å². The summed E-state index contributed by atoms with van der Waals surface area (Å²) in [7, 11) is 0. The first-order chi connectivity index (χ1) is 7.92. The molecule has 84 valence electrons. The van der Waals surface area contributed by atoms with Crippen molar-refractivity contribution in [3.05, 3.63) is 60.4 Å². The summed E-state index contributed by atoms with van der Waals surface area (Å²) in [6.45, 7) is 2.25. The molecule has 16 heavy (non-hydrogen) atoms. The second-order valence-electron chi connectivity index (χ2n) is 4.20. The number of hydrogen-bond acceptors (Lipinski definition) is 0.